The number of likely N-dealkylation sites (tertiary alicyclic amines) is 1. The van der Waals surface area contributed by atoms with Gasteiger partial charge in [-0.25, -0.2) is 4.79 Å². The lowest BCUT2D eigenvalue weighted by Crippen LogP contribution is -2.58. The van der Waals surface area contributed by atoms with E-state index in [2.05, 4.69) is 5.32 Å². The van der Waals surface area contributed by atoms with Crippen LogP contribution in [0.15, 0.2) is 0 Å². The summed E-state index contributed by atoms with van der Waals surface area (Å²) in [4.78, 5) is 34.0. The molecule has 0 atom stereocenters. The van der Waals surface area contributed by atoms with Gasteiger partial charge in [0.05, 0.1) is 0 Å². The van der Waals surface area contributed by atoms with Gasteiger partial charge in [-0.15, -0.1) is 0 Å². The molecule has 1 heterocycles. The SMILES string of the molecule is CC(C)(NC(=O)O)N1C(=O)CCC1=O. The first-order valence-corrected chi connectivity index (χ1v) is 4.21. The second kappa shape index (κ2) is 3.28. The smallest absolute Gasteiger partial charge is 0.406 e. The minimum atomic E-state index is -1.26. The zero-order valence-corrected chi connectivity index (χ0v) is 8.03. The number of carboxylic acid groups (broad SMARTS) is 1. The number of hydrogen-bond donors (Lipinski definition) is 2. The molecular formula is C8H12N2O4. The molecule has 3 amide bonds. The molecule has 1 aliphatic heterocycles. The predicted octanol–water partition coefficient (Wildman–Crippen LogP) is 0.139. The van der Waals surface area contributed by atoms with Gasteiger partial charge in [-0.1, -0.05) is 0 Å². The molecule has 1 saturated heterocycles. The number of imide groups is 1. The van der Waals surface area contributed by atoms with Crippen LogP contribution in [0.3, 0.4) is 0 Å². The molecule has 0 aromatic carbocycles. The van der Waals surface area contributed by atoms with Crippen LogP contribution in [0.5, 0.6) is 0 Å². The standard InChI is InChI=1S/C8H12N2O4/c1-8(2,9-7(13)14)10-5(11)3-4-6(10)12/h9H,3-4H2,1-2H3,(H,13,14). The number of amides is 3. The molecule has 0 spiro atoms. The molecule has 1 fully saturated rings. The molecule has 1 aliphatic rings. The van der Waals surface area contributed by atoms with Gasteiger partial charge in [0.2, 0.25) is 11.8 Å². The Balaban J connectivity index is 2.85. The van der Waals surface area contributed by atoms with Crippen molar-refractivity contribution < 1.29 is 19.5 Å². The van der Waals surface area contributed by atoms with Crippen molar-refractivity contribution in [2.24, 2.45) is 0 Å². The molecule has 6 nitrogen and oxygen atoms in total. The topological polar surface area (TPSA) is 86.7 Å². The van der Waals surface area contributed by atoms with Gasteiger partial charge >= 0.3 is 6.09 Å². The average molecular weight is 200 g/mol. The highest BCUT2D eigenvalue weighted by atomic mass is 16.4. The lowest BCUT2D eigenvalue weighted by molar-refractivity contribution is -0.145. The summed E-state index contributed by atoms with van der Waals surface area (Å²) in [5, 5.41) is 10.6. The van der Waals surface area contributed by atoms with E-state index in [1.54, 1.807) is 0 Å². The van der Waals surface area contributed by atoms with Crippen LogP contribution in [0, 0.1) is 0 Å². The third kappa shape index (κ3) is 1.84. The Morgan fingerprint density at radius 1 is 1.36 bits per heavy atom. The number of carbonyl (C=O) groups is 3. The van der Waals surface area contributed by atoms with Crippen molar-refractivity contribution in [1.82, 2.24) is 10.2 Å². The quantitative estimate of drug-likeness (QED) is 0.620. The minimum Gasteiger partial charge on any atom is -0.465 e. The molecule has 0 unspecified atom stereocenters. The maximum Gasteiger partial charge on any atom is 0.406 e. The maximum atomic E-state index is 11.3. The Kier molecular flexibility index (Phi) is 2.46. The molecule has 14 heavy (non-hydrogen) atoms. The van der Waals surface area contributed by atoms with Crippen LogP contribution < -0.4 is 5.32 Å². The van der Waals surface area contributed by atoms with Crippen LogP contribution in [0.2, 0.25) is 0 Å². The summed E-state index contributed by atoms with van der Waals surface area (Å²) in [6.45, 7) is 2.95. The maximum absolute atomic E-state index is 11.3. The van der Waals surface area contributed by atoms with Crippen molar-refractivity contribution in [1.29, 1.82) is 0 Å². The Bertz CT molecular complexity index is 282. The van der Waals surface area contributed by atoms with Gasteiger partial charge in [0.15, 0.2) is 0 Å². The second-order valence-corrected chi connectivity index (χ2v) is 3.61. The zero-order valence-electron chi connectivity index (χ0n) is 8.03. The third-order valence-corrected chi connectivity index (χ3v) is 2.02. The molecule has 6 heteroatoms. The van der Waals surface area contributed by atoms with E-state index in [9.17, 15) is 14.4 Å². The van der Waals surface area contributed by atoms with Gasteiger partial charge in [-0.05, 0) is 13.8 Å². The van der Waals surface area contributed by atoms with E-state index >= 15 is 0 Å². The molecule has 0 aromatic heterocycles. The lowest BCUT2D eigenvalue weighted by atomic mass is 10.2. The minimum absolute atomic E-state index is 0.156. The fraction of sp³-hybridized carbons (Fsp3) is 0.625. The Hall–Kier alpha value is -1.59. The molecule has 0 saturated carbocycles. The first-order chi connectivity index (χ1) is 6.34. The molecular weight excluding hydrogens is 188 g/mol. The van der Waals surface area contributed by atoms with E-state index in [4.69, 9.17) is 5.11 Å². The summed E-state index contributed by atoms with van der Waals surface area (Å²) in [6, 6.07) is 0. The monoisotopic (exact) mass is 200 g/mol. The highest BCUT2D eigenvalue weighted by molar-refractivity contribution is 6.02. The van der Waals surface area contributed by atoms with Gasteiger partial charge in [-0.2, -0.15) is 0 Å². The van der Waals surface area contributed by atoms with Crippen molar-refractivity contribution in [2.45, 2.75) is 32.4 Å². The van der Waals surface area contributed by atoms with E-state index in [0.717, 1.165) is 4.90 Å². The summed E-state index contributed by atoms with van der Waals surface area (Å²) in [5.41, 5.74) is -1.17. The highest BCUT2D eigenvalue weighted by Gasteiger charge is 2.40. The number of hydrogen-bond acceptors (Lipinski definition) is 3. The number of nitrogens with one attached hydrogen (secondary N) is 1. The van der Waals surface area contributed by atoms with Gasteiger partial charge in [0.1, 0.15) is 5.66 Å². The molecule has 0 bridgehead atoms. The van der Waals surface area contributed by atoms with Crippen molar-refractivity contribution in [3.8, 4) is 0 Å². The Morgan fingerprint density at radius 2 is 1.79 bits per heavy atom. The Labute approximate surface area is 80.9 Å². The first-order valence-electron chi connectivity index (χ1n) is 4.21. The van der Waals surface area contributed by atoms with E-state index in [0.29, 0.717) is 0 Å². The average Bonchev–Trinajstić information content (AvgIpc) is 2.27. The number of rotatable bonds is 2. The fourth-order valence-electron chi connectivity index (χ4n) is 1.52. The summed E-state index contributed by atoms with van der Waals surface area (Å²) >= 11 is 0. The fourth-order valence-corrected chi connectivity index (χ4v) is 1.52. The van der Waals surface area contributed by atoms with Crippen LogP contribution in [-0.4, -0.2) is 33.6 Å². The molecule has 0 aliphatic carbocycles. The summed E-state index contributed by atoms with van der Waals surface area (Å²) in [5.74, 6) is -0.678. The van der Waals surface area contributed by atoms with Gasteiger partial charge in [0.25, 0.3) is 0 Å². The first kappa shape index (κ1) is 10.5. The van der Waals surface area contributed by atoms with Crippen LogP contribution in [0.4, 0.5) is 4.79 Å². The van der Waals surface area contributed by atoms with E-state index < -0.39 is 11.8 Å². The molecule has 0 radical (unpaired) electrons. The number of carbonyl (C=O) groups excluding carboxylic acids is 2. The van der Waals surface area contributed by atoms with Crippen LogP contribution >= 0.6 is 0 Å². The largest absolute Gasteiger partial charge is 0.465 e. The van der Waals surface area contributed by atoms with E-state index in [-0.39, 0.29) is 24.7 Å². The predicted molar refractivity (Wildman–Crippen MR) is 46.3 cm³/mol. The van der Waals surface area contributed by atoms with Gasteiger partial charge in [-0.3, -0.25) is 19.8 Å². The molecule has 78 valence electrons. The molecule has 0 aromatic rings. The van der Waals surface area contributed by atoms with Crippen molar-refractivity contribution in [3.05, 3.63) is 0 Å². The summed E-state index contributed by atoms with van der Waals surface area (Å²) in [7, 11) is 0. The number of nitrogens with zero attached hydrogens (tertiary/aromatic N) is 1. The molecule has 1 rings (SSSR count). The normalized spacial score (nSPS) is 17.4. The van der Waals surface area contributed by atoms with Gasteiger partial charge in [0, 0.05) is 12.8 Å². The van der Waals surface area contributed by atoms with E-state index in [1.807, 2.05) is 0 Å². The second-order valence-electron chi connectivity index (χ2n) is 3.61. The van der Waals surface area contributed by atoms with Crippen LogP contribution in [0.25, 0.3) is 0 Å². The van der Waals surface area contributed by atoms with Crippen LogP contribution in [0.1, 0.15) is 26.7 Å². The van der Waals surface area contributed by atoms with Crippen LogP contribution in [-0.2, 0) is 9.59 Å². The molecule has 2 N–H and O–H groups in total. The van der Waals surface area contributed by atoms with Crippen molar-refractivity contribution >= 4 is 17.9 Å². The van der Waals surface area contributed by atoms with Crippen molar-refractivity contribution in [3.63, 3.8) is 0 Å². The van der Waals surface area contributed by atoms with Crippen molar-refractivity contribution in [2.75, 3.05) is 0 Å². The summed E-state index contributed by atoms with van der Waals surface area (Å²) < 4.78 is 0. The van der Waals surface area contributed by atoms with Gasteiger partial charge < -0.3 is 5.11 Å². The third-order valence-electron chi connectivity index (χ3n) is 2.02. The van der Waals surface area contributed by atoms with E-state index in [1.165, 1.54) is 13.8 Å². The lowest BCUT2D eigenvalue weighted by Gasteiger charge is -2.33. The Morgan fingerprint density at radius 3 is 2.14 bits per heavy atom. The zero-order chi connectivity index (χ0) is 10.9. The highest BCUT2D eigenvalue weighted by Crippen LogP contribution is 2.21. The summed E-state index contributed by atoms with van der Waals surface area (Å²) in [6.07, 6.45) is -0.949.